The molecule has 0 unspecified atom stereocenters. The molecule has 2 aromatic carbocycles. The maximum atomic E-state index is 12.5. The lowest BCUT2D eigenvalue weighted by atomic mass is 10.1. The minimum Gasteiger partial charge on any atom is -0.406 e. The lowest BCUT2D eigenvalue weighted by Gasteiger charge is -2.12. The van der Waals surface area contributed by atoms with Gasteiger partial charge < -0.3 is 10.1 Å². The third-order valence-electron chi connectivity index (χ3n) is 3.07. The summed E-state index contributed by atoms with van der Waals surface area (Å²) in [6, 6.07) is 11.5. The number of benzene rings is 2. The Kier molecular flexibility index (Phi) is 4.33. The van der Waals surface area contributed by atoms with Crippen LogP contribution in [0.2, 0.25) is 0 Å². The van der Waals surface area contributed by atoms with Gasteiger partial charge in [0, 0.05) is 11.8 Å². The molecule has 128 valence electrons. The highest BCUT2D eigenvalue weighted by Crippen LogP contribution is 2.25. The quantitative estimate of drug-likeness (QED) is 0.783. The minimum absolute atomic E-state index is 0.151. The predicted octanol–water partition coefficient (Wildman–Crippen LogP) is 2.81. The number of aromatic nitrogens is 4. The first-order valence-corrected chi connectivity index (χ1v) is 6.92. The van der Waals surface area contributed by atoms with Gasteiger partial charge in [0.05, 0.1) is 11.3 Å². The number of para-hydroxylation sites is 1. The van der Waals surface area contributed by atoms with E-state index in [2.05, 4.69) is 25.6 Å². The second kappa shape index (κ2) is 6.59. The van der Waals surface area contributed by atoms with Crippen molar-refractivity contribution in [3.8, 4) is 11.4 Å². The molecule has 1 amide bonds. The van der Waals surface area contributed by atoms with Gasteiger partial charge in [0.1, 0.15) is 12.1 Å². The Morgan fingerprint density at radius 2 is 1.92 bits per heavy atom. The number of nitrogens with zero attached hydrogens (tertiary/aromatic N) is 4. The number of nitrogens with one attached hydrogen (secondary N) is 1. The first-order valence-electron chi connectivity index (χ1n) is 6.92. The Balaban J connectivity index is 1.83. The molecule has 0 bridgehead atoms. The fraction of sp³-hybridized carbons (Fsp3) is 0.0667. The lowest BCUT2D eigenvalue weighted by molar-refractivity contribution is -0.274. The lowest BCUT2D eigenvalue weighted by Crippen LogP contribution is -2.18. The average molecular weight is 349 g/mol. The zero-order valence-corrected chi connectivity index (χ0v) is 12.4. The number of hydrogen-bond donors (Lipinski definition) is 1. The van der Waals surface area contributed by atoms with Gasteiger partial charge in [-0.3, -0.25) is 4.79 Å². The maximum absolute atomic E-state index is 12.5. The zero-order chi connectivity index (χ0) is 17.9. The van der Waals surface area contributed by atoms with Crippen molar-refractivity contribution in [2.24, 2.45) is 0 Å². The molecule has 0 aliphatic heterocycles. The van der Waals surface area contributed by atoms with Crippen LogP contribution >= 0.6 is 0 Å². The van der Waals surface area contributed by atoms with Gasteiger partial charge in [-0.1, -0.05) is 18.2 Å². The van der Waals surface area contributed by atoms with Crippen LogP contribution in [0, 0.1) is 0 Å². The molecule has 1 heterocycles. The van der Waals surface area contributed by atoms with Crippen molar-refractivity contribution in [1.29, 1.82) is 0 Å². The number of carbonyl (C=O) groups is 1. The predicted molar refractivity (Wildman–Crippen MR) is 80.2 cm³/mol. The third kappa shape index (κ3) is 4.10. The number of amides is 1. The first kappa shape index (κ1) is 16.4. The van der Waals surface area contributed by atoms with Crippen molar-refractivity contribution in [2.45, 2.75) is 6.36 Å². The molecule has 0 saturated carbocycles. The molecule has 0 radical (unpaired) electrons. The number of anilines is 1. The molecule has 25 heavy (non-hydrogen) atoms. The molecule has 3 aromatic rings. The Labute approximate surface area is 139 Å². The summed E-state index contributed by atoms with van der Waals surface area (Å²) in [5.41, 5.74) is 0.822. The van der Waals surface area contributed by atoms with E-state index in [1.165, 1.54) is 23.1 Å². The van der Waals surface area contributed by atoms with Gasteiger partial charge in [-0.2, -0.15) is 4.68 Å². The Hall–Kier alpha value is -3.43. The van der Waals surface area contributed by atoms with E-state index in [1.54, 1.807) is 24.3 Å². The second-order valence-electron chi connectivity index (χ2n) is 4.80. The van der Waals surface area contributed by atoms with Crippen LogP contribution in [0.4, 0.5) is 18.9 Å². The Morgan fingerprint density at radius 3 is 2.64 bits per heavy atom. The molecule has 0 aliphatic carbocycles. The van der Waals surface area contributed by atoms with E-state index in [9.17, 15) is 18.0 Å². The van der Waals surface area contributed by atoms with Crippen molar-refractivity contribution in [2.75, 3.05) is 5.32 Å². The summed E-state index contributed by atoms with van der Waals surface area (Å²) in [6.07, 6.45) is -3.49. The van der Waals surface area contributed by atoms with Gasteiger partial charge >= 0.3 is 6.36 Å². The monoisotopic (exact) mass is 349 g/mol. The van der Waals surface area contributed by atoms with Gasteiger partial charge in [-0.05, 0) is 34.7 Å². The fourth-order valence-corrected chi connectivity index (χ4v) is 2.11. The molecule has 3 rings (SSSR count). The van der Waals surface area contributed by atoms with Gasteiger partial charge in [-0.15, -0.1) is 18.3 Å². The van der Waals surface area contributed by atoms with E-state index in [0.717, 1.165) is 12.1 Å². The zero-order valence-electron chi connectivity index (χ0n) is 12.4. The number of alkyl halides is 3. The third-order valence-corrected chi connectivity index (χ3v) is 3.07. The highest BCUT2D eigenvalue weighted by molar-refractivity contribution is 6.06. The number of hydrogen-bond acceptors (Lipinski definition) is 5. The number of halogens is 3. The van der Waals surface area contributed by atoms with Crippen LogP contribution in [0.15, 0.2) is 54.9 Å². The summed E-state index contributed by atoms with van der Waals surface area (Å²) in [6.45, 7) is 0. The van der Waals surface area contributed by atoms with E-state index in [-0.39, 0.29) is 11.3 Å². The standard InChI is InChI=1S/C15H10F3N5O2/c16-15(17,18)25-11-5-3-4-10(8-11)20-14(24)12-6-1-2-7-13(12)23-9-19-21-22-23/h1-9H,(H,20,24). The molecular formula is C15H10F3N5O2. The molecule has 0 saturated heterocycles. The first-order chi connectivity index (χ1) is 11.9. The smallest absolute Gasteiger partial charge is 0.406 e. The molecule has 1 N–H and O–H groups in total. The van der Waals surface area contributed by atoms with E-state index in [4.69, 9.17) is 0 Å². The highest BCUT2D eigenvalue weighted by atomic mass is 19.4. The average Bonchev–Trinajstić information content (AvgIpc) is 3.08. The SMILES string of the molecule is O=C(Nc1cccc(OC(F)(F)F)c1)c1ccccc1-n1cnnn1. The molecular weight excluding hydrogens is 339 g/mol. The van der Waals surface area contributed by atoms with Gasteiger partial charge in [0.2, 0.25) is 0 Å². The summed E-state index contributed by atoms with van der Waals surface area (Å²) in [7, 11) is 0. The van der Waals surface area contributed by atoms with Crippen molar-refractivity contribution in [1.82, 2.24) is 20.2 Å². The maximum Gasteiger partial charge on any atom is 0.573 e. The summed E-state index contributed by atoms with van der Waals surface area (Å²) in [5, 5.41) is 13.3. The van der Waals surface area contributed by atoms with Gasteiger partial charge in [0.15, 0.2) is 0 Å². The summed E-state index contributed by atoms with van der Waals surface area (Å²) < 4.78 is 42.0. The summed E-state index contributed by atoms with van der Waals surface area (Å²) in [5.74, 6) is -0.964. The van der Waals surface area contributed by atoms with Crippen LogP contribution in [0.5, 0.6) is 5.75 Å². The number of ether oxygens (including phenoxy) is 1. The van der Waals surface area contributed by atoms with Crippen molar-refractivity contribution in [3.05, 3.63) is 60.4 Å². The van der Waals surface area contributed by atoms with Crippen LogP contribution in [-0.2, 0) is 0 Å². The van der Waals surface area contributed by atoms with Crippen molar-refractivity contribution in [3.63, 3.8) is 0 Å². The number of tetrazole rings is 1. The van der Waals surface area contributed by atoms with Crippen molar-refractivity contribution < 1.29 is 22.7 Å². The molecule has 0 atom stereocenters. The Morgan fingerprint density at radius 1 is 1.12 bits per heavy atom. The molecule has 1 aromatic heterocycles. The molecule has 10 heteroatoms. The fourth-order valence-electron chi connectivity index (χ4n) is 2.11. The number of rotatable bonds is 4. The molecule has 0 aliphatic rings. The minimum atomic E-state index is -4.81. The van der Waals surface area contributed by atoms with Gasteiger partial charge in [-0.25, -0.2) is 0 Å². The summed E-state index contributed by atoms with van der Waals surface area (Å²) >= 11 is 0. The number of carbonyl (C=O) groups excluding carboxylic acids is 1. The van der Waals surface area contributed by atoms with Crippen LogP contribution in [0.1, 0.15) is 10.4 Å². The normalized spacial score (nSPS) is 11.2. The van der Waals surface area contributed by atoms with Crippen LogP contribution in [0.3, 0.4) is 0 Å². The van der Waals surface area contributed by atoms with E-state index < -0.39 is 18.0 Å². The van der Waals surface area contributed by atoms with Crippen molar-refractivity contribution >= 4 is 11.6 Å². The summed E-state index contributed by atoms with van der Waals surface area (Å²) in [4.78, 5) is 12.5. The van der Waals surface area contributed by atoms with Crippen LogP contribution < -0.4 is 10.1 Å². The molecule has 0 fully saturated rings. The van der Waals surface area contributed by atoms with Crippen LogP contribution in [0.25, 0.3) is 5.69 Å². The van der Waals surface area contributed by atoms with E-state index in [0.29, 0.717) is 5.69 Å². The second-order valence-corrected chi connectivity index (χ2v) is 4.80. The topological polar surface area (TPSA) is 81.9 Å². The Bertz CT molecular complexity index is 881. The van der Waals surface area contributed by atoms with Crippen LogP contribution in [-0.4, -0.2) is 32.5 Å². The highest BCUT2D eigenvalue weighted by Gasteiger charge is 2.31. The largest absolute Gasteiger partial charge is 0.573 e. The molecule has 0 spiro atoms. The molecule has 7 nitrogen and oxygen atoms in total. The van der Waals surface area contributed by atoms with E-state index >= 15 is 0 Å². The van der Waals surface area contributed by atoms with E-state index in [1.807, 2.05) is 0 Å². The van der Waals surface area contributed by atoms with Gasteiger partial charge in [0.25, 0.3) is 5.91 Å².